The SMILES string of the molecule is Cn1cnc2c(Oc3ccc(NC(=O)c4cn(-c5ccc(F)c(Cl)c5)c5ccccc5c4=O)cc3F)ccnc21. The highest BCUT2D eigenvalue weighted by atomic mass is 35.5. The number of nitrogens with zero attached hydrogens (tertiary/aromatic N) is 4. The molecule has 1 N–H and O–H groups in total. The summed E-state index contributed by atoms with van der Waals surface area (Å²) in [5, 5.41) is 2.72. The molecule has 198 valence electrons. The molecule has 0 bridgehead atoms. The van der Waals surface area contributed by atoms with Gasteiger partial charge in [0.1, 0.15) is 11.4 Å². The van der Waals surface area contributed by atoms with Crippen LogP contribution in [0.15, 0.2) is 90.2 Å². The summed E-state index contributed by atoms with van der Waals surface area (Å²) in [5.41, 5.74) is 1.38. The molecule has 0 unspecified atom stereocenters. The molecule has 3 aromatic heterocycles. The predicted octanol–water partition coefficient (Wildman–Crippen LogP) is 6.25. The van der Waals surface area contributed by atoms with E-state index in [4.69, 9.17) is 16.3 Å². The zero-order valence-corrected chi connectivity index (χ0v) is 21.5. The number of halogens is 3. The summed E-state index contributed by atoms with van der Waals surface area (Å²) in [5.74, 6) is -1.86. The van der Waals surface area contributed by atoms with E-state index < -0.39 is 23.0 Å². The fraction of sp³-hybridized carbons (Fsp3) is 0.0345. The number of hydrogen-bond donors (Lipinski definition) is 1. The highest BCUT2D eigenvalue weighted by Crippen LogP contribution is 2.31. The quantitative estimate of drug-likeness (QED) is 0.271. The van der Waals surface area contributed by atoms with Crippen molar-refractivity contribution in [2.45, 2.75) is 0 Å². The van der Waals surface area contributed by atoms with Crippen molar-refractivity contribution in [1.29, 1.82) is 0 Å². The molecule has 6 aromatic rings. The minimum Gasteiger partial charge on any atom is -0.452 e. The van der Waals surface area contributed by atoms with Crippen LogP contribution in [0.5, 0.6) is 11.5 Å². The van der Waals surface area contributed by atoms with Gasteiger partial charge in [0.05, 0.1) is 16.9 Å². The summed E-state index contributed by atoms with van der Waals surface area (Å²) in [6.07, 6.45) is 4.45. The largest absolute Gasteiger partial charge is 0.452 e. The molecule has 6 rings (SSSR count). The number of ether oxygens (including phenoxy) is 1. The molecule has 0 spiro atoms. The van der Waals surface area contributed by atoms with Crippen molar-refractivity contribution >= 4 is 45.3 Å². The van der Waals surface area contributed by atoms with Gasteiger partial charge in [0.2, 0.25) is 5.43 Å². The summed E-state index contributed by atoms with van der Waals surface area (Å²) in [6, 6.07) is 16.2. The molecule has 0 fully saturated rings. The summed E-state index contributed by atoms with van der Waals surface area (Å²) >= 11 is 5.98. The molecule has 40 heavy (non-hydrogen) atoms. The van der Waals surface area contributed by atoms with Crippen molar-refractivity contribution in [3.8, 4) is 17.2 Å². The smallest absolute Gasteiger partial charge is 0.261 e. The topological polar surface area (TPSA) is 91.0 Å². The van der Waals surface area contributed by atoms with Gasteiger partial charge in [-0.05, 0) is 42.5 Å². The van der Waals surface area contributed by atoms with Gasteiger partial charge in [0.25, 0.3) is 5.91 Å². The molecule has 0 radical (unpaired) electrons. The Balaban J connectivity index is 1.32. The van der Waals surface area contributed by atoms with Gasteiger partial charge in [-0.15, -0.1) is 0 Å². The number of amides is 1. The van der Waals surface area contributed by atoms with Gasteiger partial charge in [-0.25, -0.2) is 18.7 Å². The second-order valence-corrected chi connectivity index (χ2v) is 9.30. The zero-order chi connectivity index (χ0) is 28.0. The number of carbonyl (C=O) groups excluding carboxylic acids is 1. The first-order chi connectivity index (χ1) is 19.3. The number of hydrogen-bond acceptors (Lipinski definition) is 5. The monoisotopic (exact) mass is 557 g/mol. The van der Waals surface area contributed by atoms with E-state index in [0.717, 1.165) is 6.07 Å². The minimum atomic E-state index is -0.755. The van der Waals surface area contributed by atoms with Gasteiger partial charge in [-0.1, -0.05) is 23.7 Å². The zero-order valence-electron chi connectivity index (χ0n) is 20.7. The molecule has 3 aromatic carbocycles. The lowest BCUT2D eigenvalue weighted by Crippen LogP contribution is -2.23. The molecule has 3 heterocycles. The Morgan fingerprint density at radius 2 is 1.80 bits per heavy atom. The van der Waals surface area contributed by atoms with E-state index in [1.807, 2.05) is 0 Å². The second kappa shape index (κ2) is 9.90. The van der Waals surface area contributed by atoms with Crippen LogP contribution in [0, 0.1) is 11.6 Å². The Kier molecular flexibility index (Phi) is 6.24. The van der Waals surface area contributed by atoms with Crippen LogP contribution < -0.4 is 15.5 Å². The van der Waals surface area contributed by atoms with Crippen LogP contribution in [0.4, 0.5) is 14.5 Å². The van der Waals surface area contributed by atoms with Gasteiger partial charge in [0.15, 0.2) is 28.5 Å². The third-order valence-electron chi connectivity index (χ3n) is 6.31. The second-order valence-electron chi connectivity index (χ2n) is 8.90. The van der Waals surface area contributed by atoms with E-state index in [9.17, 15) is 14.0 Å². The van der Waals surface area contributed by atoms with Crippen molar-refractivity contribution in [1.82, 2.24) is 19.1 Å². The summed E-state index contributed by atoms with van der Waals surface area (Å²) in [4.78, 5) is 34.9. The first-order valence-corrected chi connectivity index (χ1v) is 12.3. The molecule has 11 heteroatoms. The van der Waals surface area contributed by atoms with Crippen LogP contribution in [0.2, 0.25) is 5.02 Å². The van der Waals surface area contributed by atoms with Crippen molar-refractivity contribution in [3.63, 3.8) is 0 Å². The van der Waals surface area contributed by atoms with E-state index in [0.29, 0.717) is 28.1 Å². The molecule has 0 saturated carbocycles. The van der Waals surface area contributed by atoms with Gasteiger partial charge >= 0.3 is 0 Å². The van der Waals surface area contributed by atoms with Crippen LogP contribution in [0.3, 0.4) is 0 Å². The third kappa shape index (κ3) is 4.44. The number of rotatable bonds is 5. The summed E-state index contributed by atoms with van der Waals surface area (Å²) in [6.45, 7) is 0. The van der Waals surface area contributed by atoms with Gasteiger partial charge in [-0.3, -0.25) is 9.59 Å². The lowest BCUT2D eigenvalue weighted by atomic mass is 10.1. The molecule has 0 aliphatic carbocycles. The Morgan fingerprint density at radius 3 is 2.60 bits per heavy atom. The number of aryl methyl sites for hydroxylation is 1. The van der Waals surface area contributed by atoms with Crippen LogP contribution in [-0.4, -0.2) is 25.0 Å². The number of carbonyl (C=O) groups is 1. The molecule has 0 atom stereocenters. The molecule has 0 aliphatic rings. The number of imidazole rings is 1. The molecule has 8 nitrogen and oxygen atoms in total. The Bertz CT molecular complexity index is 2020. The Morgan fingerprint density at radius 1 is 0.975 bits per heavy atom. The van der Waals surface area contributed by atoms with E-state index in [2.05, 4.69) is 15.3 Å². The van der Waals surface area contributed by atoms with Crippen LogP contribution in [-0.2, 0) is 7.05 Å². The number of para-hydroxylation sites is 1. The number of fused-ring (bicyclic) bond motifs is 2. The normalized spacial score (nSPS) is 11.2. The molecular formula is C29H18ClF2N5O3. The Hall–Kier alpha value is -5.09. The van der Waals surface area contributed by atoms with Crippen LogP contribution in [0.25, 0.3) is 27.8 Å². The van der Waals surface area contributed by atoms with E-state index in [-0.39, 0.29) is 27.4 Å². The van der Waals surface area contributed by atoms with Crippen molar-refractivity contribution < 1.29 is 18.3 Å². The van der Waals surface area contributed by atoms with Crippen LogP contribution in [0.1, 0.15) is 10.4 Å². The van der Waals surface area contributed by atoms with Gasteiger partial charge in [0, 0.05) is 48.3 Å². The van der Waals surface area contributed by atoms with Crippen molar-refractivity contribution in [3.05, 3.63) is 118 Å². The lowest BCUT2D eigenvalue weighted by molar-refractivity contribution is 0.102. The molecule has 0 saturated heterocycles. The predicted molar refractivity (Wildman–Crippen MR) is 147 cm³/mol. The van der Waals surface area contributed by atoms with Gasteiger partial charge < -0.3 is 19.2 Å². The van der Waals surface area contributed by atoms with E-state index >= 15 is 4.39 Å². The molecule has 0 aliphatic heterocycles. The third-order valence-corrected chi connectivity index (χ3v) is 6.60. The minimum absolute atomic E-state index is 0.0857. The fourth-order valence-electron chi connectivity index (χ4n) is 4.35. The first-order valence-electron chi connectivity index (χ1n) is 11.9. The summed E-state index contributed by atoms with van der Waals surface area (Å²) < 4.78 is 37.8. The maximum absolute atomic E-state index is 15.0. The Labute approximate surface area is 230 Å². The fourth-order valence-corrected chi connectivity index (χ4v) is 4.53. The number of aromatic nitrogens is 4. The van der Waals surface area contributed by atoms with E-state index in [1.54, 1.807) is 52.8 Å². The average Bonchev–Trinajstić information content (AvgIpc) is 3.33. The maximum atomic E-state index is 15.0. The summed E-state index contributed by atoms with van der Waals surface area (Å²) in [7, 11) is 1.78. The number of anilines is 1. The highest BCUT2D eigenvalue weighted by Gasteiger charge is 2.18. The highest BCUT2D eigenvalue weighted by molar-refractivity contribution is 6.30. The van der Waals surface area contributed by atoms with Crippen LogP contribution >= 0.6 is 11.6 Å². The average molecular weight is 558 g/mol. The number of pyridine rings is 2. The first kappa shape index (κ1) is 25.2. The van der Waals surface area contributed by atoms with Crippen molar-refractivity contribution in [2.24, 2.45) is 7.05 Å². The molecule has 1 amide bonds. The molecular weight excluding hydrogens is 540 g/mol. The maximum Gasteiger partial charge on any atom is 0.261 e. The van der Waals surface area contributed by atoms with E-state index in [1.165, 1.54) is 42.7 Å². The number of benzene rings is 3. The van der Waals surface area contributed by atoms with Crippen molar-refractivity contribution in [2.75, 3.05) is 5.32 Å². The lowest BCUT2D eigenvalue weighted by Gasteiger charge is -2.14. The van der Waals surface area contributed by atoms with Gasteiger partial charge in [-0.2, -0.15) is 0 Å². The number of nitrogens with one attached hydrogen (secondary N) is 1. The standard InChI is InChI=1S/C29H18ClF2N5O3/c1-36-15-34-26-25(10-11-33-28(26)36)40-24-9-6-16(12-22(24)32)35-29(39)19-14-37(17-7-8-21(31)20(30)13-17)23-5-3-2-4-18(23)27(19)38/h2-15H,1H3,(H,35,39).